The van der Waals surface area contributed by atoms with Crippen molar-refractivity contribution in [3.63, 3.8) is 0 Å². The third kappa shape index (κ3) is 5.81. The number of thioether (sulfide) groups is 1. The maximum absolute atomic E-state index is 12.5. The molecule has 2 heterocycles. The monoisotopic (exact) mass is 348 g/mol. The summed E-state index contributed by atoms with van der Waals surface area (Å²) in [5.74, 6) is 2.48. The van der Waals surface area contributed by atoms with Gasteiger partial charge in [0.1, 0.15) is 0 Å². The fraction of sp³-hybridized carbons (Fsp3) is 0.667. The van der Waals surface area contributed by atoms with E-state index in [1.54, 1.807) is 11.3 Å². The fourth-order valence-corrected chi connectivity index (χ4v) is 4.21. The van der Waals surface area contributed by atoms with Gasteiger partial charge in [0.15, 0.2) is 0 Å². The molecule has 6 heteroatoms. The SMILES string of the molecule is Cc1ccc(CN(C(=O)CC2CSCCN2)C(C)C)s1.Cl. The number of aryl methyl sites for hydroxylation is 1. The topological polar surface area (TPSA) is 32.3 Å². The third-order valence-electron chi connectivity index (χ3n) is 3.49. The Morgan fingerprint density at radius 1 is 1.48 bits per heavy atom. The lowest BCUT2D eigenvalue weighted by Gasteiger charge is -2.30. The molecule has 0 bridgehead atoms. The van der Waals surface area contributed by atoms with Crippen molar-refractivity contribution >= 4 is 41.4 Å². The summed E-state index contributed by atoms with van der Waals surface area (Å²) in [5.41, 5.74) is 0. The van der Waals surface area contributed by atoms with Gasteiger partial charge < -0.3 is 10.2 Å². The largest absolute Gasteiger partial charge is 0.335 e. The van der Waals surface area contributed by atoms with Gasteiger partial charge in [0.05, 0.1) is 6.54 Å². The number of halogens is 1. The summed E-state index contributed by atoms with van der Waals surface area (Å²) in [6.45, 7) is 8.07. The minimum absolute atomic E-state index is 0. The molecule has 0 aliphatic carbocycles. The second-order valence-corrected chi connectivity index (χ2v) is 8.08. The minimum Gasteiger partial charge on any atom is -0.335 e. The van der Waals surface area contributed by atoms with Gasteiger partial charge >= 0.3 is 0 Å². The fourth-order valence-electron chi connectivity index (χ4n) is 2.38. The molecule has 1 amide bonds. The van der Waals surface area contributed by atoms with Crippen LogP contribution in [0.2, 0.25) is 0 Å². The zero-order valence-electron chi connectivity index (χ0n) is 12.9. The number of nitrogens with zero attached hydrogens (tertiary/aromatic N) is 1. The lowest BCUT2D eigenvalue weighted by atomic mass is 10.2. The first kappa shape index (κ1) is 18.8. The van der Waals surface area contributed by atoms with Crippen molar-refractivity contribution in [2.24, 2.45) is 0 Å². The van der Waals surface area contributed by atoms with E-state index in [-0.39, 0.29) is 24.4 Å². The van der Waals surface area contributed by atoms with Crippen LogP contribution in [0.15, 0.2) is 12.1 Å². The van der Waals surface area contributed by atoms with E-state index in [9.17, 15) is 4.79 Å². The molecule has 1 atom stereocenters. The number of nitrogens with one attached hydrogen (secondary N) is 1. The van der Waals surface area contributed by atoms with Gasteiger partial charge in [0.2, 0.25) is 5.91 Å². The number of thiophene rings is 1. The van der Waals surface area contributed by atoms with Gasteiger partial charge in [-0.1, -0.05) is 0 Å². The van der Waals surface area contributed by atoms with Crippen LogP contribution in [0.3, 0.4) is 0 Å². The smallest absolute Gasteiger partial charge is 0.224 e. The normalized spacial score (nSPS) is 18.4. The van der Waals surface area contributed by atoms with Gasteiger partial charge in [0, 0.05) is 46.3 Å². The molecule has 1 aromatic rings. The Morgan fingerprint density at radius 2 is 2.24 bits per heavy atom. The van der Waals surface area contributed by atoms with E-state index < -0.39 is 0 Å². The molecule has 1 saturated heterocycles. The van der Waals surface area contributed by atoms with Crippen LogP contribution in [-0.4, -0.2) is 40.9 Å². The van der Waals surface area contributed by atoms with E-state index >= 15 is 0 Å². The molecule has 0 radical (unpaired) electrons. The van der Waals surface area contributed by atoms with Crippen LogP contribution in [-0.2, 0) is 11.3 Å². The Hall–Kier alpha value is -0.230. The third-order valence-corrected chi connectivity index (χ3v) is 5.60. The van der Waals surface area contributed by atoms with Crippen LogP contribution < -0.4 is 5.32 Å². The molecule has 21 heavy (non-hydrogen) atoms. The summed E-state index contributed by atoms with van der Waals surface area (Å²) in [6.07, 6.45) is 0.621. The summed E-state index contributed by atoms with van der Waals surface area (Å²) < 4.78 is 0. The van der Waals surface area contributed by atoms with E-state index in [2.05, 4.69) is 38.2 Å². The molecular formula is C15H25ClN2OS2. The summed E-state index contributed by atoms with van der Waals surface area (Å²) >= 11 is 3.72. The molecule has 0 saturated carbocycles. The molecule has 0 spiro atoms. The van der Waals surface area contributed by atoms with Gasteiger partial charge in [-0.3, -0.25) is 4.79 Å². The second-order valence-electron chi connectivity index (χ2n) is 5.56. The minimum atomic E-state index is 0. The number of carbonyl (C=O) groups excluding carboxylic acids is 1. The van der Waals surface area contributed by atoms with Crippen molar-refractivity contribution in [3.05, 3.63) is 21.9 Å². The number of hydrogen-bond acceptors (Lipinski definition) is 4. The molecule has 1 aromatic heterocycles. The summed E-state index contributed by atoms with van der Waals surface area (Å²) in [4.78, 5) is 17.1. The predicted octanol–water partition coefficient (Wildman–Crippen LogP) is 3.31. The molecule has 1 N–H and O–H groups in total. The number of hydrogen-bond donors (Lipinski definition) is 1. The zero-order chi connectivity index (χ0) is 14.5. The van der Waals surface area contributed by atoms with Crippen LogP contribution in [0.5, 0.6) is 0 Å². The molecule has 1 aliphatic rings. The van der Waals surface area contributed by atoms with Crippen molar-refractivity contribution in [3.8, 4) is 0 Å². The highest BCUT2D eigenvalue weighted by Crippen LogP contribution is 2.20. The summed E-state index contributed by atoms with van der Waals surface area (Å²) in [5, 5.41) is 3.45. The maximum atomic E-state index is 12.5. The Kier molecular flexibility index (Phi) is 8.09. The van der Waals surface area contributed by atoms with Crippen LogP contribution >= 0.6 is 35.5 Å². The average molecular weight is 349 g/mol. The lowest BCUT2D eigenvalue weighted by Crippen LogP contribution is -2.44. The Balaban J connectivity index is 0.00000220. The molecule has 0 aromatic carbocycles. The Labute approximate surface area is 142 Å². The van der Waals surface area contributed by atoms with Crippen molar-refractivity contribution in [1.29, 1.82) is 0 Å². The van der Waals surface area contributed by atoms with E-state index in [0.29, 0.717) is 12.5 Å². The van der Waals surface area contributed by atoms with E-state index in [4.69, 9.17) is 0 Å². The first-order chi connectivity index (χ1) is 9.56. The zero-order valence-corrected chi connectivity index (χ0v) is 15.4. The molecular weight excluding hydrogens is 324 g/mol. The van der Waals surface area contributed by atoms with Crippen LogP contribution in [0.1, 0.15) is 30.0 Å². The molecule has 1 fully saturated rings. The van der Waals surface area contributed by atoms with E-state index in [1.165, 1.54) is 9.75 Å². The summed E-state index contributed by atoms with van der Waals surface area (Å²) in [6, 6.07) is 4.85. The highest BCUT2D eigenvalue weighted by Gasteiger charge is 2.23. The van der Waals surface area contributed by atoms with E-state index in [0.717, 1.165) is 24.6 Å². The molecule has 1 unspecified atom stereocenters. The van der Waals surface area contributed by atoms with Crippen molar-refractivity contribution < 1.29 is 4.79 Å². The highest BCUT2D eigenvalue weighted by molar-refractivity contribution is 7.99. The van der Waals surface area contributed by atoms with Crippen LogP contribution in [0, 0.1) is 6.92 Å². The standard InChI is InChI=1S/C15H24N2OS2.ClH/c1-11(2)17(9-14-5-4-12(3)20-14)15(18)8-13-10-19-7-6-16-13;/h4-5,11,13,16H,6-10H2,1-3H3;1H. The average Bonchev–Trinajstić information content (AvgIpc) is 2.82. The highest BCUT2D eigenvalue weighted by atomic mass is 35.5. The number of rotatable bonds is 5. The predicted molar refractivity (Wildman–Crippen MR) is 95.7 cm³/mol. The number of carbonyl (C=O) groups is 1. The van der Waals surface area contributed by atoms with Gasteiger partial charge in [0.25, 0.3) is 0 Å². The van der Waals surface area contributed by atoms with Crippen LogP contribution in [0.4, 0.5) is 0 Å². The molecule has 3 nitrogen and oxygen atoms in total. The Bertz CT molecular complexity index is 445. The van der Waals surface area contributed by atoms with Gasteiger partial charge in [-0.2, -0.15) is 11.8 Å². The molecule has 2 rings (SSSR count). The van der Waals surface area contributed by atoms with Gasteiger partial charge in [-0.15, -0.1) is 23.7 Å². The van der Waals surface area contributed by atoms with E-state index in [1.807, 2.05) is 16.7 Å². The lowest BCUT2D eigenvalue weighted by molar-refractivity contribution is -0.133. The quantitative estimate of drug-likeness (QED) is 0.886. The van der Waals surface area contributed by atoms with Crippen molar-refractivity contribution in [1.82, 2.24) is 10.2 Å². The maximum Gasteiger partial charge on any atom is 0.224 e. The van der Waals surface area contributed by atoms with Gasteiger partial charge in [-0.05, 0) is 32.9 Å². The van der Waals surface area contributed by atoms with Gasteiger partial charge in [-0.25, -0.2) is 0 Å². The van der Waals surface area contributed by atoms with Crippen molar-refractivity contribution in [2.75, 3.05) is 18.1 Å². The molecule has 1 aliphatic heterocycles. The van der Waals surface area contributed by atoms with Crippen molar-refractivity contribution in [2.45, 2.75) is 45.8 Å². The number of amides is 1. The van der Waals surface area contributed by atoms with Crippen LogP contribution in [0.25, 0.3) is 0 Å². The first-order valence-electron chi connectivity index (χ1n) is 7.22. The second kappa shape index (κ2) is 9.03. The summed E-state index contributed by atoms with van der Waals surface area (Å²) in [7, 11) is 0. The Morgan fingerprint density at radius 3 is 2.76 bits per heavy atom. The molecule has 120 valence electrons. The first-order valence-corrected chi connectivity index (χ1v) is 9.19.